The average Bonchev–Trinajstić information content (AvgIpc) is 2.61. The number of anilines is 2. The van der Waals surface area contributed by atoms with E-state index in [0.29, 0.717) is 5.69 Å². The lowest BCUT2D eigenvalue weighted by Crippen LogP contribution is -2.09. The molecule has 3 aromatic rings. The Bertz CT molecular complexity index is 871. The van der Waals surface area contributed by atoms with Gasteiger partial charge in [0.05, 0.1) is 22.7 Å². The Morgan fingerprint density at radius 1 is 0.680 bits per heavy atom. The first-order valence-corrected chi connectivity index (χ1v) is 7.97. The van der Waals surface area contributed by atoms with Crippen LogP contribution < -0.4 is 10.9 Å². The minimum absolute atomic E-state index is 0.295. The van der Waals surface area contributed by atoms with Crippen LogP contribution in [0.5, 0.6) is 0 Å². The van der Waals surface area contributed by atoms with Crippen molar-refractivity contribution >= 4 is 22.7 Å². The Balaban J connectivity index is 1.61. The molecule has 0 aromatic heterocycles. The van der Waals surface area contributed by atoms with Crippen molar-refractivity contribution in [3.05, 3.63) is 83.7 Å². The monoisotopic (exact) mass is 334 g/mol. The summed E-state index contributed by atoms with van der Waals surface area (Å²) in [6, 6.07) is 20.3. The second kappa shape index (κ2) is 7.57. The average molecular weight is 334 g/mol. The van der Waals surface area contributed by atoms with E-state index in [1.165, 1.54) is 11.6 Å². The molecule has 0 saturated heterocycles. The van der Waals surface area contributed by atoms with Crippen molar-refractivity contribution in [2.45, 2.75) is 13.8 Å². The third-order valence-electron chi connectivity index (χ3n) is 3.65. The molecule has 3 rings (SSSR count). The van der Waals surface area contributed by atoms with Crippen molar-refractivity contribution in [3.63, 3.8) is 0 Å². The summed E-state index contributed by atoms with van der Waals surface area (Å²) in [6.45, 7) is 3.88. The summed E-state index contributed by atoms with van der Waals surface area (Å²) < 4.78 is 13.8. The van der Waals surface area contributed by atoms with Gasteiger partial charge in [-0.05, 0) is 67.9 Å². The van der Waals surface area contributed by atoms with Crippen LogP contribution in [0.1, 0.15) is 11.1 Å². The number of hydrogen-bond donors (Lipinski definition) is 2. The fourth-order valence-corrected chi connectivity index (χ4v) is 2.20. The van der Waals surface area contributed by atoms with Crippen LogP contribution >= 0.6 is 0 Å². The Hall–Kier alpha value is -3.21. The highest BCUT2D eigenvalue weighted by atomic mass is 19.1. The second-order valence-corrected chi connectivity index (χ2v) is 5.82. The van der Waals surface area contributed by atoms with E-state index in [4.69, 9.17) is 0 Å². The van der Waals surface area contributed by atoms with E-state index in [-0.39, 0.29) is 5.82 Å². The summed E-state index contributed by atoms with van der Waals surface area (Å²) in [4.78, 5) is 0. The fraction of sp³-hybridized carbons (Fsp3) is 0.100. The number of hydrogen-bond acceptors (Lipinski definition) is 4. The summed E-state index contributed by atoms with van der Waals surface area (Å²) in [7, 11) is 0. The lowest BCUT2D eigenvalue weighted by atomic mass is 10.2. The van der Waals surface area contributed by atoms with Gasteiger partial charge in [0.2, 0.25) is 0 Å². The molecule has 0 spiro atoms. The van der Waals surface area contributed by atoms with Crippen LogP contribution in [0.25, 0.3) is 0 Å². The molecule has 126 valence electrons. The van der Waals surface area contributed by atoms with Gasteiger partial charge in [-0.1, -0.05) is 23.8 Å². The molecule has 3 aromatic carbocycles. The highest BCUT2D eigenvalue weighted by molar-refractivity contribution is 5.56. The molecular weight excluding hydrogens is 315 g/mol. The number of azo groups is 1. The van der Waals surface area contributed by atoms with Gasteiger partial charge in [-0.2, -0.15) is 10.2 Å². The van der Waals surface area contributed by atoms with Crippen molar-refractivity contribution in [1.29, 1.82) is 0 Å². The SMILES string of the molecule is Cc1ccc(N=Nc2ccc(NNc3ccc(C)cc3F)cc2)cc1. The van der Waals surface area contributed by atoms with Crippen molar-refractivity contribution in [2.24, 2.45) is 10.2 Å². The molecule has 0 radical (unpaired) electrons. The first-order chi connectivity index (χ1) is 12.1. The van der Waals surface area contributed by atoms with Crippen molar-refractivity contribution in [1.82, 2.24) is 0 Å². The molecular formula is C20H19FN4. The normalized spacial score (nSPS) is 10.8. The smallest absolute Gasteiger partial charge is 0.148 e. The van der Waals surface area contributed by atoms with E-state index < -0.39 is 0 Å². The van der Waals surface area contributed by atoms with Gasteiger partial charge in [0, 0.05) is 0 Å². The zero-order chi connectivity index (χ0) is 17.6. The third kappa shape index (κ3) is 4.64. The largest absolute Gasteiger partial charge is 0.301 e. The molecule has 2 N–H and O–H groups in total. The molecule has 0 fully saturated rings. The lowest BCUT2D eigenvalue weighted by molar-refractivity contribution is 0.630. The highest BCUT2D eigenvalue weighted by Crippen LogP contribution is 2.21. The number of benzene rings is 3. The summed E-state index contributed by atoms with van der Waals surface area (Å²) in [5.74, 6) is -0.295. The van der Waals surface area contributed by atoms with Crippen LogP contribution in [0, 0.1) is 19.7 Å². The standard InChI is InChI=1S/C20H19FN4/c1-14-3-6-16(7-4-14)22-23-17-8-10-18(11-9-17)24-25-20-12-5-15(2)13-19(20)21/h3-13,24-25H,1-2H3. The van der Waals surface area contributed by atoms with E-state index >= 15 is 0 Å². The van der Waals surface area contributed by atoms with Gasteiger partial charge in [0.15, 0.2) is 0 Å². The zero-order valence-electron chi connectivity index (χ0n) is 14.1. The van der Waals surface area contributed by atoms with Crippen molar-refractivity contribution in [2.75, 3.05) is 10.9 Å². The van der Waals surface area contributed by atoms with E-state index in [1.54, 1.807) is 6.07 Å². The minimum Gasteiger partial charge on any atom is -0.301 e. The van der Waals surface area contributed by atoms with Gasteiger partial charge >= 0.3 is 0 Å². The van der Waals surface area contributed by atoms with E-state index in [1.807, 2.05) is 68.4 Å². The van der Waals surface area contributed by atoms with Gasteiger partial charge in [-0.3, -0.25) is 5.43 Å². The van der Waals surface area contributed by atoms with Crippen molar-refractivity contribution in [3.8, 4) is 0 Å². The molecule has 0 bridgehead atoms. The van der Waals surface area contributed by atoms with Gasteiger partial charge in [0.25, 0.3) is 0 Å². The molecule has 0 saturated carbocycles. The van der Waals surface area contributed by atoms with Crippen LogP contribution in [-0.2, 0) is 0 Å². The maximum atomic E-state index is 13.8. The summed E-state index contributed by atoms with van der Waals surface area (Å²) in [5.41, 5.74) is 10.6. The second-order valence-electron chi connectivity index (χ2n) is 5.82. The molecule has 0 amide bonds. The molecule has 5 heteroatoms. The molecule has 0 aliphatic rings. The topological polar surface area (TPSA) is 48.8 Å². The lowest BCUT2D eigenvalue weighted by Gasteiger charge is -2.11. The number of halogens is 1. The maximum absolute atomic E-state index is 13.8. The van der Waals surface area contributed by atoms with Gasteiger partial charge in [-0.25, -0.2) is 4.39 Å². The van der Waals surface area contributed by atoms with Crippen LogP contribution in [0.4, 0.5) is 27.1 Å². The molecule has 0 unspecified atom stereocenters. The van der Waals surface area contributed by atoms with E-state index in [0.717, 1.165) is 22.6 Å². The molecule has 0 heterocycles. The number of aryl methyl sites for hydroxylation is 2. The van der Waals surface area contributed by atoms with Gasteiger partial charge in [0.1, 0.15) is 5.82 Å². The van der Waals surface area contributed by atoms with Crippen LogP contribution in [0.2, 0.25) is 0 Å². The van der Waals surface area contributed by atoms with E-state index in [9.17, 15) is 4.39 Å². The third-order valence-corrected chi connectivity index (χ3v) is 3.65. The summed E-state index contributed by atoms with van der Waals surface area (Å²) in [5, 5.41) is 8.41. The first-order valence-electron chi connectivity index (χ1n) is 7.97. The highest BCUT2D eigenvalue weighted by Gasteiger charge is 2.01. The van der Waals surface area contributed by atoms with Crippen LogP contribution in [0.15, 0.2) is 77.0 Å². The molecule has 0 aliphatic heterocycles. The minimum atomic E-state index is -0.295. The van der Waals surface area contributed by atoms with Crippen LogP contribution in [-0.4, -0.2) is 0 Å². The van der Waals surface area contributed by atoms with Crippen molar-refractivity contribution < 1.29 is 4.39 Å². The van der Waals surface area contributed by atoms with Crippen LogP contribution in [0.3, 0.4) is 0 Å². The Kier molecular flexibility index (Phi) is 5.04. The van der Waals surface area contributed by atoms with Gasteiger partial charge < -0.3 is 5.43 Å². The zero-order valence-corrected chi connectivity index (χ0v) is 14.1. The summed E-state index contributed by atoms with van der Waals surface area (Å²) >= 11 is 0. The molecule has 0 atom stereocenters. The summed E-state index contributed by atoms with van der Waals surface area (Å²) in [6.07, 6.45) is 0. The molecule has 0 aliphatic carbocycles. The van der Waals surface area contributed by atoms with E-state index in [2.05, 4.69) is 21.1 Å². The Morgan fingerprint density at radius 2 is 1.24 bits per heavy atom. The number of rotatable bonds is 5. The Labute approximate surface area is 146 Å². The van der Waals surface area contributed by atoms with Gasteiger partial charge in [-0.15, -0.1) is 0 Å². The molecule has 4 nitrogen and oxygen atoms in total. The first kappa shape index (κ1) is 16.6. The predicted molar refractivity (Wildman–Crippen MR) is 100 cm³/mol. The predicted octanol–water partition coefficient (Wildman–Crippen LogP) is 6.30. The fourth-order valence-electron chi connectivity index (χ4n) is 2.20. The Morgan fingerprint density at radius 3 is 1.84 bits per heavy atom. The maximum Gasteiger partial charge on any atom is 0.148 e. The quantitative estimate of drug-likeness (QED) is 0.425. The number of hydrazine groups is 1. The number of nitrogens with one attached hydrogen (secondary N) is 2. The number of nitrogens with zero attached hydrogens (tertiary/aromatic N) is 2. The molecule has 25 heavy (non-hydrogen) atoms.